The van der Waals surface area contributed by atoms with Crippen LogP contribution in [0.2, 0.25) is 0 Å². The number of ether oxygens (including phenoxy) is 1. The molecule has 0 spiro atoms. The Morgan fingerprint density at radius 3 is 3.00 bits per heavy atom. The van der Waals surface area contributed by atoms with Gasteiger partial charge in [-0.05, 0) is 37.4 Å². The average molecular weight is 203 g/mol. The Bertz CT molecular complexity index is 371. The number of nitrogens with one attached hydrogen (secondary N) is 1. The fourth-order valence-electron chi connectivity index (χ4n) is 2.49. The van der Waals surface area contributed by atoms with Crippen molar-refractivity contribution in [2.24, 2.45) is 0 Å². The predicted octanol–water partition coefficient (Wildman–Crippen LogP) is 1.97. The lowest BCUT2D eigenvalue weighted by Gasteiger charge is -2.38. The highest BCUT2D eigenvalue weighted by atomic mass is 16.5. The topological polar surface area (TPSA) is 21.3 Å². The summed E-state index contributed by atoms with van der Waals surface area (Å²) in [5, 5.41) is 3.45. The smallest absolute Gasteiger partial charge is 0.0981 e. The van der Waals surface area contributed by atoms with E-state index < -0.39 is 0 Å². The van der Waals surface area contributed by atoms with Crippen LogP contribution >= 0.6 is 0 Å². The van der Waals surface area contributed by atoms with E-state index in [9.17, 15) is 0 Å². The molecule has 1 fully saturated rings. The second-order valence-corrected chi connectivity index (χ2v) is 4.59. The maximum atomic E-state index is 5.90. The molecule has 1 N–H and O–H groups in total. The molecule has 2 nitrogen and oxygen atoms in total. The monoisotopic (exact) mass is 203 g/mol. The second kappa shape index (κ2) is 3.62. The Morgan fingerprint density at radius 2 is 2.27 bits per heavy atom. The van der Waals surface area contributed by atoms with Crippen LogP contribution in [0, 0.1) is 6.92 Å². The van der Waals surface area contributed by atoms with Crippen molar-refractivity contribution in [1.82, 2.24) is 5.32 Å². The van der Waals surface area contributed by atoms with Gasteiger partial charge in [-0.2, -0.15) is 0 Å². The van der Waals surface area contributed by atoms with Gasteiger partial charge in [-0.1, -0.05) is 23.8 Å². The summed E-state index contributed by atoms with van der Waals surface area (Å²) >= 11 is 0. The van der Waals surface area contributed by atoms with Crippen molar-refractivity contribution >= 4 is 0 Å². The van der Waals surface area contributed by atoms with E-state index in [4.69, 9.17) is 4.74 Å². The van der Waals surface area contributed by atoms with Crippen LogP contribution in [-0.4, -0.2) is 19.2 Å². The Morgan fingerprint density at radius 1 is 1.40 bits per heavy atom. The number of hydrogen-bond acceptors (Lipinski definition) is 2. The van der Waals surface area contributed by atoms with E-state index in [2.05, 4.69) is 30.4 Å². The number of fused-ring (bicyclic) bond motifs is 1. The first-order valence-electron chi connectivity index (χ1n) is 5.79. The van der Waals surface area contributed by atoms with E-state index in [1.807, 2.05) is 0 Å². The largest absolute Gasteiger partial charge is 0.372 e. The molecule has 3 rings (SSSR count). The normalized spacial score (nSPS) is 29.4. The van der Waals surface area contributed by atoms with Crippen molar-refractivity contribution in [3.8, 4) is 0 Å². The van der Waals surface area contributed by atoms with Gasteiger partial charge in [-0.25, -0.2) is 0 Å². The van der Waals surface area contributed by atoms with Crippen LogP contribution in [0.15, 0.2) is 18.2 Å². The number of benzene rings is 1. The van der Waals surface area contributed by atoms with E-state index in [-0.39, 0.29) is 0 Å². The molecule has 2 atom stereocenters. The molecule has 2 heteroatoms. The van der Waals surface area contributed by atoms with E-state index in [1.165, 1.54) is 23.1 Å². The van der Waals surface area contributed by atoms with Crippen LogP contribution in [0.1, 0.15) is 29.2 Å². The fourth-order valence-corrected chi connectivity index (χ4v) is 2.49. The first kappa shape index (κ1) is 9.37. The molecule has 15 heavy (non-hydrogen) atoms. The first-order chi connectivity index (χ1) is 7.34. The molecule has 1 aromatic rings. The van der Waals surface area contributed by atoms with Gasteiger partial charge in [0.1, 0.15) is 0 Å². The minimum absolute atomic E-state index is 0.294. The highest BCUT2D eigenvalue weighted by Gasteiger charge is 2.32. The molecule has 1 aromatic carbocycles. The first-order valence-corrected chi connectivity index (χ1v) is 5.79. The van der Waals surface area contributed by atoms with Crippen LogP contribution in [-0.2, 0) is 11.2 Å². The fraction of sp³-hybridized carbons (Fsp3) is 0.538. The van der Waals surface area contributed by atoms with Gasteiger partial charge in [0, 0.05) is 6.04 Å². The third kappa shape index (κ3) is 1.58. The standard InChI is InChI=1S/C13H17NO/c1-9-2-3-10-5-7-15-13(11(10)8-9)12-4-6-14-12/h2-3,8,12-14H,4-7H2,1H3/t12-,13+/m1/s1. The summed E-state index contributed by atoms with van der Waals surface area (Å²) in [4.78, 5) is 0. The maximum Gasteiger partial charge on any atom is 0.0981 e. The number of rotatable bonds is 1. The van der Waals surface area contributed by atoms with Gasteiger partial charge >= 0.3 is 0 Å². The molecule has 1 saturated heterocycles. The summed E-state index contributed by atoms with van der Waals surface area (Å²) in [6.07, 6.45) is 2.61. The molecule has 2 aliphatic heterocycles. The molecule has 80 valence electrons. The number of aryl methyl sites for hydroxylation is 1. The third-order valence-electron chi connectivity index (χ3n) is 3.50. The van der Waals surface area contributed by atoms with Crippen molar-refractivity contribution < 1.29 is 4.74 Å². The average Bonchev–Trinajstić information content (AvgIpc) is 2.16. The zero-order valence-corrected chi connectivity index (χ0v) is 9.12. The Kier molecular flexibility index (Phi) is 2.26. The van der Waals surface area contributed by atoms with Gasteiger partial charge in [0.05, 0.1) is 12.7 Å². The van der Waals surface area contributed by atoms with E-state index >= 15 is 0 Å². The Hall–Kier alpha value is -0.860. The van der Waals surface area contributed by atoms with Crippen molar-refractivity contribution in [3.05, 3.63) is 34.9 Å². The van der Waals surface area contributed by atoms with E-state index in [0.717, 1.165) is 19.6 Å². The quantitative estimate of drug-likeness (QED) is 0.753. The molecule has 0 saturated carbocycles. The van der Waals surface area contributed by atoms with Crippen LogP contribution in [0.4, 0.5) is 0 Å². The van der Waals surface area contributed by atoms with Crippen LogP contribution in [0.5, 0.6) is 0 Å². The zero-order valence-electron chi connectivity index (χ0n) is 9.12. The molecule has 0 unspecified atom stereocenters. The third-order valence-corrected chi connectivity index (χ3v) is 3.50. The van der Waals surface area contributed by atoms with Gasteiger partial charge < -0.3 is 10.1 Å². The summed E-state index contributed by atoms with van der Waals surface area (Å²) in [5.74, 6) is 0. The van der Waals surface area contributed by atoms with Crippen LogP contribution in [0.25, 0.3) is 0 Å². The molecular weight excluding hydrogens is 186 g/mol. The van der Waals surface area contributed by atoms with Crippen molar-refractivity contribution in [3.63, 3.8) is 0 Å². The summed E-state index contributed by atoms with van der Waals surface area (Å²) in [7, 11) is 0. The predicted molar refractivity (Wildman–Crippen MR) is 60.0 cm³/mol. The molecular formula is C13H17NO. The van der Waals surface area contributed by atoms with E-state index in [1.54, 1.807) is 0 Å². The van der Waals surface area contributed by atoms with Crippen molar-refractivity contribution in [2.45, 2.75) is 31.9 Å². The highest BCUT2D eigenvalue weighted by molar-refractivity contribution is 5.35. The zero-order chi connectivity index (χ0) is 10.3. The van der Waals surface area contributed by atoms with Gasteiger partial charge in [0.15, 0.2) is 0 Å². The maximum absolute atomic E-state index is 5.90. The van der Waals surface area contributed by atoms with E-state index in [0.29, 0.717) is 12.1 Å². The van der Waals surface area contributed by atoms with Gasteiger partial charge in [-0.15, -0.1) is 0 Å². The number of hydrogen-bond donors (Lipinski definition) is 1. The highest BCUT2D eigenvalue weighted by Crippen LogP contribution is 2.33. The van der Waals surface area contributed by atoms with Gasteiger partial charge in [0.25, 0.3) is 0 Å². The van der Waals surface area contributed by atoms with Gasteiger partial charge in [0.2, 0.25) is 0 Å². The van der Waals surface area contributed by atoms with Crippen molar-refractivity contribution in [1.29, 1.82) is 0 Å². The summed E-state index contributed by atoms with van der Waals surface area (Å²) in [6.45, 7) is 4.17. The lowest BCUT2D eigenvalue weighted by molar-refractivity contribution is -0.00153. The van der Waals surface area contributed by atoms with Gasteiger partial charge in [-0.3, -0.25) is 0 Å². The molecule has 0 aliphatic carbocycles. The summed E-state index contributed by atoms with van der Waals surface area (Å²) in [5.41, 5.74) is 4.23. The minimum atomic E-state index is 0.294. The molecule has 0 amide bonds. The molecule has 2 heterocycles. The SMILES string of the molecule is Cc1ccc2c(c1)[C@@H]([C@H]1CCN1)OCC2. The molecule has 0 bridgehead atoms. The Labute approximate surface area is 90.6 Å². The molecule has 0 aromatic heterocycles. The van der Waals surface area contributed by atoms with Crippen LogP contribution in [0.3, 0.4) is 0 Å². The lowest BCUT2D eigenvalue weighted by atomic mass is 9.88. The molecule has 2 aliphatic rings. The Balaban J connectivity index is 1.96. The summed E-state index contributed by atoms with van der Waals surface area (Å²) in [6, 6.07) is 7.30. The summed E-state index contributed by atoms with van der Waals surface area (Å²) < 4.78 is 5.90. The lowest BCUT2D eigenvalue weighted by Crippen LogP contribution is -2.48. The molecule has 0 radical (unpaired) electrons. The van der Waals surface area contributed by atoms with Crippen LogP contribution < -0.4 is 5.32 Å². The minimum Gasteiger partial charge on any atom is -0.372 e. The second-order valence-electron chi connectivity index (χ2n) is 4.59. The van der Waals surface area contributed by atoms with Crippen molar-refractivity contribution in [2.75, 3.05) is 13.2 Å².